The van der Waals surface area contributed by atoms with Crippen LogP contribution in [0.4, 0.5) is 4.79 Å². The van der Waals surface area contributed by atoms with Crippen molar-refractivity contribution in [2.75, 3.05) is 0 Å². The predicted molar refractivity (Wildman–Crippen MR) is 167 cm³/mol. The third-order valence-electron chi connectivity index (χ3n) is 8.14. The molecule has 0 aromatic heterocycles. The van der Waals surface area contributed by atoms with E-state index in [1.54, 1.807) is 0 Å². The minimum Gasteiger partial charge on any atom is -0.449 e. The van der Waals surface area contributed by atoms with Gasteiger partial charge in [-0.05, 0) is 44.4 Å². The summed E-state index contributed by atoms with van der Waals surface area (Å²) >= 11 is 0. The Hall–Kier alpha value is -1.32. The second kappa shape index (κ2) is 29.7. The zero-order valence-electron chi connectivity index (χ0n) is 26.4. The average Bonchev–Trinajstić information content (AvgIpc) is 2.91. The fourth-order valence-electron chi connectivity index (χ4n) is 5.64. The lowest BCUT2D eigenvalue weighted by Crippen LogP contribution is -2.23. The second-order valence-corrected chi connectivity index (χ2v) is 11.9. The Morgan fingerprint density at radius 1 is 0.564 bits per heavy atom. The Balaban J connectivity index is 4.46. The minimum atomic E-state index is -1.46. The maximum absolute atomic E-state index is 12.7. The first-order chi connectivity index (χ1) is 19.0. The molecule has 0 bridgehead atoms. The largest absolute Gasteiger partial charge is 0.513 e. The van der Waals surface area contributed by atoms with E-state index in [-0.39, 0.29) is 5.92 Å². The molecule has 0 saturated heterocycles. The van der Waals surface area contributed by atoms with Gasteiger partial charge >= 0.3 is 12.1 Å². The predicted octanol–water partition coefficient (Wildman–Crippen LogP) is 12.2. The van der Waals surface area contributed by atoms with Crippen LogP contribution in [0, 0.1) is 11.8 Å². The summed E-state index contributed by atoms with van der Waals surface area (Å²) in [5.74, 6) is -0.313. The highest BCUT2D eigenvalue weighted by molar-refractivity contribution is 5.82. The smallest absolute Gasteiger partial charge is 0.449 e. The minimum absolute atomic E-state index is 0.283. The number of carboxylic acid groups (broad SMARTS) is 1. The van der Waals surface area contributed by atoms with E-state index in [0.717, 1.165) is 44.9 Å². The van der Waals surface area contributed by atoms with Crippen LogP contribution >= 0.6 is 0 Å². The lowest BCUT2D eigenvalue weighted by atomic mass is 9.84. The number of hydrogen-bond acceptors (Lipinski definition) is 3. The molecule has 0 rings (SSSR count). The highest BCUT2D eigenvalue weighted by Gasteiger charge is 2.25. The lowest BCUT2D eigenvalue weighted by Gasteiger charge is -2.22. The number of hydrogen-bond donors (Lipinski definition) is 1. The highest BCUT2D eigenvalue weighted by Crippen LogP contribution is 2.29. The summed E-state index contributed by atoms with van der Waals surface area (Å²) < 4.78 is 4.66. The van der Waals surface area contributed by atoms with Gasteiger partial charge in [0.05, 0.1) is 5.92 Å². The van der Waals surface area contributed by atoms with Gasteiger partial charge in [-0.1, -0.05) is 161 Å². The molecule has 0 aromatic rings. The van der Waals surface area contributed by atoms with E-state index in [9.17, 15) is 9.59 Å². The molecular formula is C35H66O4. The Morgan fingerprint density at radius 3 is 1.41 bits per heavy atom. The van der Waals surface area contributed by atoms with E-state index in [4.69, 9.17) is 5.11 Å². The molecular weight excluding hydrogens is 484 g/mol. The van der Waals surface area contributed by atoms with Crippen molar-refractivity contribution >= 4 is 12.1 Å². The molecule has 0 fully saturated rings. The summed E-state index contributed by atoms with van der Waals surface area (Å²) in [6.45, 7) is 6.74. The van der Waals surface area contributed by atoms with E-state index in [2.05, 4.69) is 37.7 Å². The van der Waals surface area contributed by atoms with E-state index in [0.29, 0.717) is 5.92 Å². The van der Waals surface area contributed by atoms with Crippen molar-refractivity contribution in [3.05, 3.63) is 12.2 Å². The molecule has 0 amide bonds. The Bertz CT molecular complexity index is 571. The van der Waals surface area contributed by atoms with Crippen LogP contribution in [-0.2, 0) is 9.53 Å². The van der Waals surface area contributed by atoms with Crippen LogP contribution in [-0.4, -0.2) is 17.2 Å². The van der Waals surface area contributed by atoms with Crippen LogP contribution in [0.5, 0.6) is 0 Å². The molecule has 0 spiro atoms. The van der Waals surface area contributed by atoms with Crippen molar-refractivity contribution in [2.24, 2.45) is 11.8 Å². The summed E-state index contributed by atoms with van der Waals surface area (Å²) in [5, 5.41) is 9.06. The number of carbonyl (C=O) groups excluding carboxylic acids is 1. The molecule has 2 atom stereocenters. The van der Waals surface area contributed by atoms with Gasteiger partial charge in [0.1, 0.15) is 0 Å². The van der Waals surface area contributed by atoms with Crippen LogP contribution in [0.1, 0.15) is 188 Å². The summed E-state index contributed by atoms with van der Waals surface area (Å²) in [5.41, 5.74) is 0. The molecule has 0 saturated carbocycles. The summed E-state index contributed by atoms with van der Waals surface area (Å²) in [6, 6.07) is 0. The molecule has 4 nitrogen and oxygen atoms in total. The van der Waals surface area contributed by atoms with Crippen LogP contribution < -0.4 is 0 Å². The van der Waals surface area contributed by atoms with Crippen LogP contribution in [0.15, 0.2) is 12.2 Å². The monoisotopic (exact) mass is 550 g/mol. The molecule has 0 heterocycles. The Labute approximate surface area is 243 Å². The van der Waals surface area contributed by atoms with Crippen molar-refractivity contribution in [3.8, 4) is 0 Å². The van der Waals surface area contributed by atoms with Crippen molar-refractivity contribution in [1.82, 2.24) is 0 Å². The molecule has 0 radical (unpaired) electrons. The highest BCUT2D eigenvalue weighted by atomic mass is 16.7. The number of unbranched alkanes of at least 4 members (excludes halogenated alkanes) is 18. The van der Waals surface area contributed by atoms with E-state index in [1.807, 2.05) is 0 Å². The van der Waals surface area contributed by atoms with Crippen molar-refractivity contribution < 1.29 is 19.4 Å². The van der Waals surface area contributed by atoms with Gasteiger partial charge in [0.25, 0.3) is 0 Å². The van der Waals surface area contributed by atoms with Gasteiger partial charge in [-0.2, -0.15) is 0 Å². The topological polar surface area (TPSA) is 63.6 Å². The summed E-state index contributed by atoms with van der Waals surface area (Å²) in [6.07, 6.45) is 34.6. The molecule has 2 unspecified atom stereocenters. The van der Waals surface area contributed by atoms with E-state index >= 15 is 0 Å². The fourth-order valence-corrected chi connectivity index (χ4v) is 5.64. The Kier molecular flexibility index (Phi) is 28.7. The third kappa shape index (κ3) is 26.7. The number of ether oxygens (including phenoxy) is 1. The first-order valence-corrected chi connectivity index (χ1v) is 17.1. The van der Waals surface area contributed by atoms with E-state index < -0.39 is 12.1 Å². The van der Waals surface area contributed by atoms with Gasteiger partial charge in [0.15, 0.2) is 0 Å². The van der Waals surface area contributed by atoms with Crippen LogP contribution in [0.2, 0.25) is 0 Å². The van der Waals surface area contributed by atoms with Crippen LogP contribution in [0.3, 0.4) is 0 Å². The number of esters is 1. The van der Waals surface area contributed by atoms with Gasteiger partial charge < -0.3 is 9.84 Å². The normalized spacial score (nSPS) is 13.1. The molecule has 0 aromatic carbocycles. The average molecular weight is 551 g/mol. The maximum Gasteiger partial charge on any atom is 0.513 e. The lowest BCUT2D eigenvalue weighted by molar-refractivity contribution is -0.144. The standard InChI is InChI=1S/C35H66O4/c1-4-7-10-13-15-16-17-18-19-20-21-22-24-27-30-33(34(36)39-35(37)38)31-32(28-25-12-9-6-3)29-26-23-14-11-8-5-2/h18-19,32-33H,4-17,20-31H2,1-3H3,(H,37,38). The van der Waals surface area contributed by atoms with Crippen molar-refractivity contribution in [1.29, 1.82) is 0 Å². The summed E-state index contributed by atoms with van der Waals surface area (Å²) in [4.78, 5) is 23.8. The zero-order valence-corrected chi connectivity index (χ0v) is 26.4. The molecule has 230 valence electrons. The molecule has 39 heavy (non-hydrogen) atoms. The number of rotatable bonds is 29. The van der Waals surface area contributed by atoms with E-state index in [1.165, 1.54) is 122 Å². The first kappa shape index (κ1) is 37.7. The van der Waals surface area contributed by atoms with Gasteiger partial charge in [-0.25, -0.2) is 4.79 Å². The molecule has 0 aliphatic heterocycles. The van der Waals surface area contributed by atoms with Gasteiger partial charge in [0, 0.05) is 0 Å². The second-order valence-electron chi connectivity index (χ2n) is 11.9. The van der Waals surface area contributed by atoms with Crippen LogP contribution in [0.25, 0.3) is 0 Å². The zero-order chi connectivity index (χ0) is 28.8. The summed E-state index contributed by atoms with van der Waals surface area (Å²) in [7, 11) is 0. The van der Waals surface area contributed by atoms with Crippen molar-refractivity contribution in [2.45, 2.75) is 188 Å². The number of carbonyl (C=O) groups is 2. The van der Waals surface area contributed by atoms with Crippen molar-refractivity contribution in [3.63, 3.8) is 0 Å². The van der Waals surface area contributed by atoms with Gasteiger partial charge in [0.2, 0.25) is 0 Å². The van der Waals surface area contributed by atoms with Gasteiger partial charge in [-0.15, -0.1) is 0 Å². The molecule has 4 heteroatoms. The van der Waals surface area contributed by atoms with Gasteiger partial charge in [-0.3, -0.25) is 4.79 Å². The molecule has 1 N–H and O–H groups in total. The number of allylic oxidation sites excluding steroid dienone is 2. The fraction of sp³-hybridized carbons (Fsp3) is 0.886. The quantitative estimate of drug-likeness (QED) is 0.0435. The SMILES string of the molecule is CCCCCCCCC=CCCCCCCC(CC(CCCCCC)CCCCCCCC)C(=O)OC(=O)O. The molecule has 0 aliphatic rings. The maximum atomic E-state index is 12.7. The first-order valence-electron chi connectivity index (χ1n) is 17.1. The molecule has 0 aliphatic carbocycles. The Morgan fingerprint density at radius 2 is 0.949 bits per heavy atom. The third-order valence-corrected chi connectivity index (χ3v) is 8.14.